The maximum atomic E-state index is 13.5. The molecule has 3 nitrogen and oxygen atoms in total. The van der Waals surface area contributed by atoms with Crippen LogP contribution in [0.1, 0.15) is 17.2 Å². The predicted octanol–water partition coefficient (Wildman–Crippen LogP) is 4.89. The number of methoxy groups -OCH3 is 1. The summed E-state index contributed by atoms with van der Waals surface area (Å²) in [7, 11) is 1.33. The molecule has 0 aliphatic rings. The third-order valence-corrected chi connectivity index (χ3v) is 3.55. The van der Waals surface area contributed by atoms with Gasteiger partial charge in [0.15, 0.2) is 11.5 Å². The van der Waals surface area contributed by atoms with Gasteiger partial charge in [-0.1, -0.05) is 36.4 Å². The summed E-state index contributed by atoms with van der Waals surface area (Å²) in [4.78, 5) is 0. The molecule has 0 saturated carbocycles. The summed E-state index contributed by atoms with van der Waals surface area (Å²) in [5.41, 5.74) is 5.54. The summed E-state index contributed by atoms with van der Waals surface area (Å²) in [5.74, 6) is -4.85. The van der Waals surface area contributed by atoms with E-state index in [0.29, 0.717) is 0 Å². The van der Waals surface area contributed by atoms with Crippen LogP contribution in [0.2, 0.25) is 0 Å². The van der Waals surface area contributed by atoms with Crippen LogP contribution in [0.15, 0.2) is 48.5 Å². The van der Waals surface area contributed by atoms with E-state index >= 15 is 0 Å². The highest BCUT2D eigenvalue weighted by Gasteiger charge is 2.61. The molecule has 0 aliphatic carbocycles. The van der Waals surface area contributed by atoms with Crippen LogP contribution in [0.4, 0.5) is 22.0 Å². The van der Waals surface area contributed by atoms with Crippen LogP contribution in [0, 0.1) is 0 Å². The van der Waals surface area contributed by atoms with Crippen LogP contribution < -0.4 is 15.2 Å². The lowest BCUT2D eigenvalue weighted by Gasteiger charge is -2.26. The molecule has 0 fully saturated rings. The lowest BCUT2D eigenvalue weighted by Crippen LogP contribution is -2.45. The van der Waals surface area contributed by atoms with Gasteiger partial charge in [0.05, 0.1) is 7.11 Å². The Bertz CT molecular complexity index is 710. The molecule has 0 amide bonds. The summed E-state index contributed by atoms with van der Waals surface area (Å²) in [6.07, 6.45) is -5.75. The Labute approximate surface area is 153 Å². The van der Waals surface area contributed by atoms with E-state index in [-0.39, 0.29) is 30.5 Å². The van der Waals surface area contributed by atoms with Crippen molar-refractivity contribution in [2.75, 3.05) is 7.11 Å². The molecular weight excluding hydrogens is 381 g/mol. The molecular formula is C17H17ClF5NO2. The van der Waals surface area contributed by atoms with Gasteiger partial charge in [-0.3, -0.25) is 0 Å². The molecule has 26 heavy (non-hydrogen) atoms. The highest BCUT2D eigenvalue weighted by Crippen LogP contribution is 2.44. The van der Waals surface area contributed by atoms with Gasteiger partial charge >= 0.3 is 12.1 Å². The van der Waals surface area contributed by atoms with Crippen molar-refractivity contribution >= 4 is 12.4 Å². The van der Waals surface area contributed by atoms with Crippen molar-refractivity contribution in [1.29, 1.82) is 0 Å². The van der Waals surface area contributed by atoms with Crippen molar-refractivity contribution in [3.63, 3.8) is 0 Å². The monoisotopic (exact) mass is 397 g/mol. The van der Waals surface area contributed by atoms with Gasteiger partial charge in [0.1, 0.15) is 12.6 Å². The van der Waals surface area contributed by atoms with Gasteiger partial charge in [-0.2, -0.15) is 22.0 Å². The van der Waals surface area contributed by atoms with Crippen LogP contribution in [-0.4, -0.2) is 19.2 Å². The Hall–Kier alpha value is -2.06. The Balaban J connectivity index is 0.00000338. The maximum Gasteiger partial charge on any atom is 0.455 e. The first-order valence-electron chi connectivity index (χ1n) is 7.21. The van der Waals surface area contributed by atoms with Gasteiger partial charge in [0.25, 0.3) is 0 Å². The molecule has 0 heterocycles. The fourth-order valence-corrected chi connectivity index (χ4v) is 2.12. The zero-order valence-corrected chi connectivity index (χ0v) is 14.4. The second-order valence-electron chi connectivity index (χ2n) is 5.28. The van der Waals surface area contributed by atoms with Crippen LogP contribution in [0.3, 0.4) is 0 Å². The Morgan fingerprint density at radius 3 is 2.12 bits per heavy atom. The average molecular weight is 398 g/mol. The van der Waals surface area contributed by atoms with Crippen LogP contribution in [0.5, 0.6) is 11.5 Å². The minimum Gasteiger partial charge on any atom is -0.493 e. The molecule has 1 atom stereocenters. The van der Waals surface area contributed by atoms with E-state index in [9.17, 15) is 22.0 Å². The number of hydrogen-bond donors (Lipinski definition) is 1. The third-order valence-electron chi connectivity index (χ3n) is 3.55. The molecule has 0 saturated heterocycles. The van der Waals surface area contributed by atoms with Crippen molar-refractivity contribution in [2.24, 2.45) is 5.73 Å². The molecule has 2 aromatic carbocycles. The smallest absolute Gasteiger partial charge is 0.455 e. The molecule has 0 bridgehead atoms. The number of benzene rings is 2. The number of halogens is 6. The van der Waals surface area contributed by atoms with E-state index < -0.39 is 23.7 Å². The molecule has 2 aromatic rings. The molecule has 0 unspecified atom stereocenters. The fraction of sp³-hybridized carbons (Fsp3) is 0.294. The van der Waals surface area contributed by atoms with Gasteiger partial charge in [-0.25, -0.2) is 0 Å². The molecule has 9 heteroatoms. The van der Waals surface area contributed by atoms with E-state index in [1.54, 1.807) is 24.3 Å². The van der Waals surface area contributed by atoms with Gasteiger partial charge in [-0.15, -0.1) is 12.4 Å². The largest absolute Gasteiger partial charge is 0.493 e. The highest BCUT2D eigenvalue weighted by atomic mass is 35.5. The molecule has 144 valence electrons. The number of rotatable bonds is 6. The molecule has 2 rings (SSSR count). The molecule has 2 N–H and O–H groups in total. The van der Waals surface area contributed by atoms with Crippen molar-refractivity contribution in [2.45, 2.75) is 24.7 Å². The number of hydrogen-bond acceptors (Lipinski definition) is 3. The number of nitrogens with two attached hydrogens (primary N) is 1. The predicted molar refractivity (Wildman–Crippen MR) is 88.9 cm³/mol. The van der Waals surface area contributed by atoms with E-state index in [2.05, 4.69) is 0 Å². The van der Waals surface area contributed by atoms with E-state index in [1.165, 1.54) is 13.2 Å². The fourth-order valence-electron chi connectivity index (χ4n) is 2.12. The first-order chi connectivity index (χ1) is 11.7. The van der Waals surface area contributed by atoms with Gasteiger partial charge in [0.2, 0.25) is 0 Å². The van der Waals surface area contributed by atoms with Crippen molar-refractivity contribution < 1.29 is 31.4 Å². The topological polar surface area (TPSA) is 44.5 Å². The summed E-state index contributed by atoms with van der Waals surface area (Å²) in [5, 5.41) is 0. The van der Waals surface area contributed by atoms with E-state index in [4.69, 9.17) is 15.2 Å². The quantitative estimate of drug-likeness (QED) is 0.706. The molecule has 0 aliphatic heterocycles. The van der Waals surface area contributed by atoms with Gasteiger partial charge in [-0.05, 0) is 23.3 Å². The average Bonchev–Trinajstić information content (AvgIpc) is 2.59. The van der Waals surface area contributed by atoms with Crippen molar-refractivity contribution in [3.05, 3.63) is 59.7 Å². The maximum absolute atomic E-state index is 13.5. The van der Waals surface area contributed by atoms with Crippen LogP contribution in [-0.2, 0) is 6.61 Å². The second-order valence-corrected chi connectivity index (χ2v) is 5.28. The van der Waals surface area contributed by atoms with Crippen molar-refractivity contribution in [3.8, 4) is 11.5 Å². The number of ether oxygens (including phenoxy) is 2. The summed E-state index contributed by atoms with van der Waals surface area (Å²) in [6.45, 7) is 0.0888. The summed E-state index contributed by atoms with van der Waals surface area (Å²) < 4.78 is 74.9. The third kappa shape index (κ3) is 4.76. The summed E-state index contributed by atoms with van der Waals surface area (Å²) in [6, 6.07) is 9.70. The standard InChI is InChI=1S/C17H16F5NO2.ClH/c1-24-13-8-7-12(15(23)16(18,19)17(20,21)22)9-14(13)25-10-11-5-3-2-4-6-11;/h2-9,15H,10,23H2,1H3;1H/t15-;/m0./s1. The molecule has 0 radical (unpaired) electrons. The Morgan fingerprint density at radius 2 is 1.58 bits per heavy atom. The highest BCUT2D eigenvalue weighted by molar-refractivity contribution is 5.85. The van der Waals surface area contributed by atoms with Crippen molar-refractivity contribution in [1.82, 2.24) is 0 Å². The zero-order chi connectivity index (χ0) is 18.7. The molecule has 0 spiro atoms. The van der Waals surface area contributed by atoms with E-state index in [1.807, 2.05) is 6.07 Å². The Kier molecular flexibility index (Phi) is 7.23. The molecule has 0 aromatic heterocycles. The minimum absolute atomic E-state index is 0. The minimum atomic E-state index is -5.75. The van der Waals surface area contributed by atoms with E-state index in [0.717, 1.165) is 17.7 Å². The van der Waals surface area contributed by atoms with Gasteiger partial charge in [0, 0.05) is 0 Å². The Morgan fingerprint density at radius 1 is 0.962 bits per heavy atom. The summed E-state index contributed by atoms with van der Waals surface area (Å²) >= 11 is 0. The van der Waals surface area contributed by atoms with Crippen LogP contribution >= 0.6 is 12.4 Å². The van der Waals surface area contributed by atoms with Gasteiger partial charge < -0.3 is 15.2 Å². The number of alkyl halides is 5. The zero-order valence-electron chi connectivity index (χ0n) is 13.6. The first-order valence-corrected chi connectivity index (χ1v) is 7.21. The second kappa shape index (κ2) is 8.55. The lowest BCUT2D eigenvalue weighted by atomic mass is 10.0. The SMILES string of the molecule is COc1ccc([C@H](N)C(F)(F)C(F)(F)F)cc1OCc1ccccc1.Cl. The first kappa shape index (κ1) is 22.0. The normalized spacial score (nSPS) is 12.9. The van der Waals surface area contributed by atoms with Crippen LogP contribution in [0.25, 0.3) is 0 Å². The lowest BCUT2D eigenvalue weighted by molar-refractivity contribution is -0.291.